The van der Waals surface area contributed by atoms with Crippen LogP contribution in [0.4, 0.5) is 0 Å². The second kappa shape index (κ2) is 8.32. The summed E-state index contributed by atoms with van der Waals surface area (Å²) in [6.45, 7) is 4.46. The zero-order valence-corrected chi connectivity index (χ0v) is 18.3. The van der Waals surface area contributed by atoms with Crippen molar-refractivity contribution in [3.8, 4) is 11.4 Å². The predicted molar refractivity (Wildman–Crippen MR) is 109 cm³/mol. The van der Waals surface area contributed by atoms with E-state index in [1.807, 2.05) is 19.1 Å². The minimum Gasteiger partial charge on any atom is -0.465 e. The number of sulfonamides is 1. The fourth-order valence-electron chi connectivity index (χ4n) is 3.37. The lowest BCUT2D eigenvalue weighted by atomic mass is 9.97. The van der Waals surface area contributed by atoms with E-state index in [9.17, 15) is 13.2 Å². The van der Waals surface area contributed by atoms with Gasteiger partial charge in [0, 0.05) is 36.9 Å². The van der Waals surface area contributed by atoms with E-state index < -0.39 is 10.0 Å². The highest BCUT2D eigenvalue weighted by atomic mass is 32.2. The Labute approximate surface area is 178 Å². The molecule has 1 saturated heterocycles. The standard InChI is InChI=1S/C19H22N4O5S2/c1-12-3-4-16(27-12)10-20-19(24)14-5-7-23(8-6-14)30(25,26)17-9-15(11-29-17)18-21-13(2)28-22-18/h3-4,9,11,14H,5-8,10H2,1-2H3,(H,20,24). The summed E-state index contributed by atoms with van der Waals surface area (Å²) in [7, 11) is -3.63. The quantitative estimate of drug-likeness (QED) is 0.613. The predicted octanol–water partition coefficient (Wildman–Crippen LogP) is 2.73. The van der Waals surface area contributed by atoms with E-state index in [0.717, 1.165) is 17.1 Å². The van der Waals surface area contributed by atoms with Crippen molar-refractivity contribution in [1.29, 1.82) is 0 Å². The highest BCUT2D eigenvalue weighted by Gasteiger charge is 2.33. The van der Waals surface area contributed by atoms with Crippen LogP contribution in [0.5, 0.6) is 0 Å². The number of nitrogens with zero attached hydrogens (tertiary/aromatic N) is 3. The van der Waals surface area contributed by atoms with Gasteiger partial charge in [0.1, 0.15) is 15.7 Å². The molecule has 1 fully saturated rings. The van der Waals surface area contributed by atoms with Crippen molar-refractivity contribution in [3.63, 3.8) is 0 Å². The fraction of sp³-hybridized carbons (Fsp3) is 0.421. The van der Waals surface area contributed by atoms with Crippen molar-refractivity contribution in [2.24, 2.45) is 5.92 Å². The number of piperidine rings is 1. The molecule has 160 valence electrons. The summed E-state index contributed by atoms with van der Waals surface area (Å²) in [5, 5.41) is 8.40. The summed E-state index contributed by atoms with van der Waals surface area (Å²) < 4.78 is 38.0. The van der Waals surface area contributed by atoms with Gasteiger partial charge in [0.2, 0.25) is 17.6 Å². The molecule has 9 nitrogen and oxygen atoms in total. The van der Waals surface area contributed by atoms with Crippen LogP contribution in [0.15, 0.2) is 36.7 Å². The van der Waals surface area contributed by atoms with Crippen LogP contribution in [0, 0.1) is 19.8 Å². The first kappa shape index (κ1) is 20.8. The molecule has 0 aliphatic carbocycles. The molecule has 0 unspecified atom stereocenters. The van der Waals surface area contributed by atoms with Crippen molar-refractivity contribution in [1.82, 2.24) is 19.8 Å². The van der Waals surface area contributed by atoms with Crippen LogP contribution in [0.25, 0.3) is 11.4 Å². The van der Waals surface area contributed by atoms with Gasteiger partial charge in [-0.2, -0.15) is 9.29 Å². The van der Waals surface area contributed by atoms with E-state index in [1.54, 1.807) is 18.4 Å². The second-order valence-electron chi connectivity index (χ2n) is 7.20. The number of aromatic nitrogens is 2. The van der Waals surface area contributed by atoms with Crippen LogP contribution in [0.1, 0.15) is 30.3 Å². The van der Waals surface area contributed by atoms with Gasteiger partial charge in [-0.05, 0) is 38.0 Å². The molecule has 1 amide bonds. The van der Waals surface area contributed by atoms with E-state index >= 15 is 0 Å². The van der Waals surface area contributed by atoms with E-state index in [-0.39, 0.29) is 16.0 Å². The smallest absolute Gasteiger partial charge is 0.252 e. The molecule has 1 N–H and O–H groups in total. The molecule has 0 radical (unpaired) electrons. The summed E-state index contributed by atoms with van der Waals surface area (Å²) in [6, 6.07) is 5.24. The Bertz CT molecular complexity index is 1140. The fourth-order valence-corrected chi connectivity index (χ4v) is 6.15. The minimum absolute atomic E-state index is 0.0769. The lowest BCUT2D eigenvalue weighted by molar-refractivity contribution is -0.126. The van der Waals surface area contributed by atoms with Crippen LogP contribution in [0.3, 0.4) is 0 Å². The molecule has 1 aliphatic heterocycles. The Hall–Kier alpha value is -2.50. The number of carbonyl (C=O) groups is 1. The maximum absolute atomic E-state index is 13.0. The highest BCUT2D eigenvalue weighted by molar-refractivity contribution is 7.91. The molecule has 4 rings (SSSR count). The third kappa shape index (κ3) is 4.32. The van der Waals surface area contributed by atoms with Crippen LogP contribution in [0.2, 0.25) is 0 Å². The Kier molecular flexibility index (Phi) is 5.76. The Morgan fingerprint density at radius 1 is 1.30 bits per heavy atom. The van der Waals surface area contributed by atoms with Crippen molar-refractivity contribution in [3.05, 3.63) is 41.0 Å². The molecule has 0 bridgehead atoms. The first-order valence-electron chi connectivity index (χ1n) is 9.55. The molecule has 0 aromatic carbocycles. The molecular weight excluding hydrogens is 428 g/mol. The topological polar surface area (TPSA) is 119 Å². The molecule has 3 aromatic heterocycles. The average molecular weight is 451 g/mol. The van der Waals surface area contributed by atoms with Crippen molar-refractivity contribution in [2.75, 3.05) is 13.1 Å². The van der Waals surface area contributed by atoms with Gasteiger partial charge in [-0.15, -0.1) is 11.3 Å². The third-order valence-electron chi connectivity index (χ3n) is 5.01. The Morgan fingerprint density at radius 2 is 2.07 bits per heavy atom. The summed E-state index contributed by atoms with van der Waals surface area (Å²) in [5.41, 5.74) is 0.609. The SMILES string of the molecule is Cc1ccc(CNC(=O)C2CCN(S(=O)(=O)c3cc(-c4noc(C)n4)cs3)CC2)o1. The number of amides is 1. The number of furan rings is 1. The number of thiophene rings is 1. The van der Waals surface area contributed by atoms with Gasteiger partial charge in [-0.3, -0.25) is 4.79 Å². The van der Waals surface area contributed by atoms with Crippen molar-refractivity contribution >= 4 is 27.3 Å². The minimum atomic E-state index is -3.63. The van der Waals surface area contributed by atoms with Crippen LogP contribution >= 0.6 is 11.3 Å². The van der Waals surface area contributed by atoms with Crippen molar-refractivity contribution < 1.29 is 22.2 Å². The van der Waals surface area contributed by atoms with Gasteiger partial charge in [0.25, 0.3) is 10.0 Å². The molecule has 1 aliphatic rings. The first-order valence-corrected chi connectivity index (χ1v) is 11.9. The summed E-state index contributed by atoms with van der Waals surface area (Å²) in [5.74, 6) is 1.99. The molecule has 0 spiro atoms. The molecular formula is C19H22N4O5S2. The lowest BCUT2D eigenvalue weighted by Crippen LogP contribution is -2.42. The van der Waals surface area contributed by atoms with Crippen LogP contribution < -0.4 is 5.32 Å². The lowest BCUT2D eigenvalue weighted by Gasteiger charge is -2.30. The normalized spacial score (nSPS) is 16.1. The molecule has 3 aromatic rings. The monoisotopic (exact) mass is 450 g/mol. The zero-order chi connectivity index (χ0) is 21.3. The second-order valence-corrected chi connectivity index (χ2v) is 10.3. The Morgan fingerprint density at radius 3 is 2.70 bits per heavy atom. The maximum Gasteiger partial charge on any atom is 0.252 e. The molecule has 4 heterocycles. The summed E-state index contributed by atoms with van der Waals surface area (Å²) in [4.78, 5) is 16.6. The van der Waals surface area contributed by atoms with Gasteiger partial charge in [-0.1, -0.05) is 5.16 Å². The first-order chi connectivity index (χ1) is 14.3. The van der Waals surface area contributed by atoms with E-state index in [4.69, 9.17) is 8.94 Å². The van der Waals surface area contributed by atoms with Gasteiger partial charge in [-0.25, -0.2) is 8.42 Å². The van der Waals surface area contributed by atoms with Crippen molar-refractivity contribution in [2.45, 2.75) is 37.4 Å². The largest absolute Gasteiger partial charge is 0.465 e. The van der Waals surface area contributed by atoms with E-state index in [0.29, 0.717) is 55.5 Å². The molecule has 30 heavy (non-hydrogen) atoms. The number of hydrogen-bond donors (Lipinski definition) is 1. The number of rotatable bonds is 6. The van der Waals surface area contributed by atoms with Gasteiger partial charge in [0.05, 0.1) is 6.54 Å². The summed E-state index contributed by atoms with van der Waals surface area (Å²) in [6.07, 6.45) is 0.953. The Balaban J connectivity index is 1.35. The average Bonchev–Trinajstić information content (AvgIpc) is 3.47. The molecule has 0 atom stereocenters. The number of carbonyl (C=O) groups excluding carboxylic acids is 1. The van der Waals surface area contributed by atoms with E-state index in [1.165, 1.54) is 4.31 Å². The van der Waals surface area contributed by atoms with Gasteiger partial charge < -0.3 is 14.3 Å². The molecule has 11 heteroatoms. The van der Waals surface area contributed by atoms with E-state index in [2.05, 4.69) is 15.5 Å². The van der Waals surface area contributed by atoms with Crippen LogP contribution in [-0.4, -0.2) is 41.9 Å². The number of nitrogens with one attached hydrogen (secondary N) is 1. The zero-order valence-electron chi connectivity index (χ0n) is 16.6. The summed E-state index contributed by atoms with van der Waals surface area (Å²) >= 11 is 1.13. The maximum atomic E-state index is 13.0. The number of aryl methyl sites for hydroxylation is 2. The van der Waals surface area contributed by atoms with Gasteiger partial charge >= 0.3 is 0 Å². The third-order valence-corrected chi connectivity index (χ3v) is 8.33. The highest BCUT2D eigenvalue weighted by Crippen LogP contribution is 2.31. The van der Waals surface area contributed by atoms with Crippen LogP contribution in [-0.2, 0) is 21.4 Å². The van der Waals surface area contributed by atoms with Gasteiger partial charge in [0.15, 0.2) is 0 Å². The molecule has 0 saturated carbocycles. The number of hydrogen-bond acceptors (Lipinski definition) is 8.